The lowest BCUT2D eigenvalue weighted by Gasteiger charge is -2.38. The average molecular weight is 442 g/mol. The van der Waals surface area contributed by atoms with E-state index in [2.05, 4.69) is 21.1 Å². The van der Waals surface area contributed by atoms with E-state index in [-0.39, 0.29) is 12.0 Å². The molecule has 0 aliphatic carbocycles. The van der Waals surface area contributed by atoms with Crippen molar-refractivity contribution in [3.63, 3.8) is 0 Å². The highest BCUT2D eigenvalue weighted by Crippen LogP contribution is 2.39. The number of carbonyl (C=O) groups is 1. The first kappa shape index (κ1) is 22.1. The van der Waals surface area contributed by atoms with Gasteiger partial charge in [-0.3, -0.25) is 10.9 Å². The Morgan fingerprint density at radius 3 is 1.85 bits per heavy atom. The monoisotopic (exact) mass is 441 g/mol. The summed E-state index contributed by atoms with van der Waals surface area (Å²) in [4.78, 5) is 14.3. The first-order valence-corrected chi connectivity index (χ1v) is 10.8. The Morgan fingerprint density at radius 1 is 0.818 bits per heavy atom. The fraction of sp³-hybridized carbons (Fsp3) is 0.192. The molecular formula is C26H27N5O2. The molecule has 0 bridgehead atoms. The molecule has 4 rings (SSSR count). The van der Waals surface area contributed by atoms with Gasteiger partial charge in [-0.05, 0) is 44.2 Å². The fourth-order valence-corrected chi connectivity index (χ4v) is 3.94. The maximum absolute atomic E-state index is 12.7. The molecule has 1 amide bonds. The number of nitrogens with one attached hydrogen (secondary N) is 2. The third kappa shape index (κ3) is 5.03. The first-order valence-electron chi connectivity index (χ1n) is 10.8. The highest BCUT2D eigenvalue weighted by Gasteiger charge is 2.40. The van der Waals surface area contributed by atoms with Gasteiger partial charge in [0.1, 0.15) is 5.75 Å². The molecule has 33 heavy (non-hydrogen) atoms. The molecule has 0 aromatic heterocycles. The zero-order valence-electron chi connectivity index (χ0n) is 18.9. The number of nitrogens with zero attached hydrogens (tertiary/aromatic N) is 3. The van der Waals surface area contributed by atoms with Crippen LogP contribution in [0.3, 0.4) is 0 Å². The van der Waals surface area contributed by atoms with Gasteiger partial charge in [0.25, 0.3) is 0 Å². The molecule has 7 heteroatoms. The minimum Gasteiger partial charge on any atom is -0.410 e. The number of rotatable bonds is 7. The molecule has 0 fully saturated rings. The SMILES string of the molecule is CC(=NNc1ccccc1)C(C(C)=NNc1ccccc1)C1c2ccccc2OC(=O)N1C. The molecule has 1 aliphatic heterocycles. The van der Waals surface area contributed by atoms with Crippen LogP contribution in [0.2, 0.25) is 0 Å². The summed E-state index contributed by atoms with van der Waals surface area (Å²) in [6.07, 6.45) is -0.406. The predicted octanol–water partition coefficient (Wildman–Crippen LogP) is 5.76. The van der Waals surface area contributed by atoms with Gasteiger partial charge in [0.2, 0.25) is 0 Å². The Hall–Kier alpha value is -4.13. The lowest BCUT2D eigenvalue weighted by Crippen LogP contribution is -2.45. The van der Waals surface area contributed by atoms with Crippen LogP contribution in [-0.2, 0) is 0 Å². The van der Waals surface area contributed by atoms with E-state index in [0.717, 1.165) is 28.4 Å². The van der Waals surface area contributed by atoms with E-state index >= 15 is 0 Å². The summed E-state index contributed by atoms with van der Waals surface area (Å²) in [5.41, 5.74) is 10.5. The van der Waals surface area contributed by atoms with Gasteiger partial charge < -0.3 is 9.64 Å². The molecule has 0 spiro atoms. The zero-order valence-corrected chi connectivity index (χ0v) is 18.9. The Bertz CT molecular complexity index is 1100. The number of para-hydroxylation sites is 3. The van der Waals surface area contributed by atoms with Crippen LogP contribution >= 0.6 is 0 Å². The smallest absolute Gasteiger partial charge is 0.410 e. The lowest BCUT2D eigenvalue weighted by molar-refractivity contribution is 0.127. The van der Waals surface area contributed by atoms with E-state index in [4.69, 9.17) is 4.74 Å². The van der Waals surface area contributed by atoms with Crippen LogP contribution in [0.25, 0.3) is 0 Å². The average Bonchev–Trinajstić information content (AvgIpc) is 2.85. The Labute approximate surface area is 193 Å². The van der Waals surface area contributed by atoms with Crippen molar-refractivity contribution in [1.29, 1.82) is 0 Å². The van der Waals surface area contributed by atoms with Gasteiger partial charge in [-0.15, -0.1) is 0 Å². The van der Waals surface area contributed by atoms with Crippen molar-refractivity contribution < 1.29 is 9.53 Å². The third-order valence-electron chi connectivity index (χ3n) is 5.63. The number of carbonyl (C=O) groups excluding carboxylic acids is 1. The lowest BCUT2D eigenvalue weighted by atomic mass is 9.84. The summed E-state index contributed by atoms with van der Waals surface area (Å²) in [6, 6.07) is 26.8. The molecule has 1 atom stereocenters. The number of anilines is 2. The van der Waals surface area contributed by atoms with Crippen LogP contribution in [0.4, 0.5) is 16.2 Å². The minimum atomic E-state index is -0.406. The second-order valence-electron chi connectivity index (χ2n) is 7.90. The van der Waals surface area contributed by atoms with Crippen LogP contribution in [0.5, 0.6) is 5.75 Å². The summed E-state index contributed by atoms with van der Waals surface area (Å²) in [6.45, 7) is 3.89. The summed E-state index contributed by atoms with van der Waals surface area (Å²) >= 11 is 0. The molecule has 3 aromatic rings. The molecule has 7 nitrogen and oxygen atoms in total. The zero-order chi connectivity index (χ0) is 23.2. The van der Waals surface area contributed by atoms with E-state index < -0.39 is 6.09 Å². The quantitative estimate of drug-likeness (QED) is 0.361. The summed E-state index contributed by atoms with van der Waals surface area (Å²) in [5, 5.41) is 9.32. The largest absolute Gasteiger partial charge is 0.415 e. The number of hydrogen-bond donors (Lipinski definition) is 2. The number of amides is 1. The van der Waals surface area contributed by atoms with Gasteiger partial charge >= 0.3 is 6.09 Å². The van der Waals surface area contributed by atoms with Crippen molar-refractivity contribution in [3.05, 3.63) is 90.5 Å². The van der Waals surface area contributed by atoms with E-state index in [0.29, 0.717) is 5.75 Å². The number of hydrazone groups is 2. The molecule has 2 N–H and O–H groups in total. The highest BCUT2D eigenvalue weighted by atomic mass is 16.6. The molecule has 1 unspecified atom stereocenters. The molecular weight excluding hydrogens is 414 g/mol. The number of fused-ring (bicyclic) bond motifs is 1. The molecule has 1 heterocycles. The molecule has 0 saturated carbocycles. The van der Waals surface area contributed by atoms with Gasteiger partial charge in [-0.1, -0.05) is 54.6 Å². The number of hydrogen-bond acceptors (Lipinski definition) is 6. The van der Waals surface area contributed by atoms with Crippen molar-refractivity contribution in [2.45, 2.75) is 19.9 Å². The molecule has 0 saturated heterocycles. The Kier molecular flexibility index (Phi) is 6.69. The maximum atomic E-state index is 12.7. The van der Waals surface area contributed by atoms with Gasteiger partial charge in [-0.25, -0.2) is 4.79 Å². The second-order valence-corrected chi connectivity index (χ2v) is 7.90. The fourth-order valence-electron chi connectivity index (χ4n) is 3.94. The van der Waals surface area contributed by atoms with Crippen molar-refractivity contribution in [2.24, 2.45) is 16.1 Å². The normalized spacial score (nSPS) is 17.1. The number of ether oxygens (including phenoxy) is 1. The van der Waals surface area contributed by atoms with E-state index in [9.17, 15) is 4.79 Å². The summed E-state index contributed by atoms with van der Waals surface area (Å²) in [5.74, 6) is 0.264. The molecule has 168 valence electrons. The minimum absolute atomic E-state index is 0.295. The topological polar surface area (TPSA) is 78.3 Å². The second kappa shape index (κ2) is 9.99. The predicted molar refractivity (Wildman–Crippen MR) is 133 cm³/mol. The third-order valence-corrected chi connectivity index (χ3v) is 5.63. The van der Waals surface area contributed by atoms with Gasteiger partial charge in [-0.2, -0.15) is 10.2 Å². The molecule has 0 radical (unpaired) electrons. The molecule has 3 aromatic carbocycles. The van der Waals surface area contributed by atoms with Gasteiger partial charge in [0, 0.05) is 24.0 Å². The first-order chi connectivity index (χ1) is 16.0. The van der Waals surface area contributed by atoms with Crippen LogP contribution in [-0.4, -0.2) is 29.5 Å². The molecule has 1 aliphatic rings. The van der Waals surface area contributed by atoms with Crippen LogP contribution in [0.15, 0.2) is 95.1 Å². The van der Waals surface area contributed by atoms with Crippen molar-refractivity contribution >= 4 is 28.9 Å². The van der Waals surface area contributed by atoms with Gasteiger partial charge in [0.05, 0.1) is 23.3 Å². The van der Waals surface area contributed by atoms with Crippen molar-refractivity contribution in [2.75, 3.05) is 17.9 Å². The highest BCUT2D eigenvalue weighted by molar-refractivity contribution is 6.07. The number of benzene rings is 3. The van der Waals surface area contributed by atoms with Crippen LogP contribution in [0.1, 0.15) is 25.5 Å². The van der Waals surface area contributed by atoms with Crippen LogP contribution in [0, 0.1) is 5.92 Å². The van der Waals surface area contributed by atoms with E-state index in [1.54, 1.807) is 11.9 Å². The van der Waals surface area contributed by atoms with E-state index in [1.807, 2.05) is 98.8 Å². The van der Waals surface area contributed by atoms with Crippen molar-refractivity contribution in [1.82, 2.24) is 4.90 Å². The van der Waals surface area contributed by atoms with Crippen molar-refractivity contribution in [3.8, 4) is 5.75 Å². The summed E-state index contributed by atoms with van der Waals surface area (Å²) in [7, 11) is 1.74. The summed E-state index contributed by atoms with van der Waals surface area (Å²) < 4.78 is 5.52. The Balaban J connectivity index is 1.73. The van der Waals surface area contributed by atoms with Gasteiger partial charge in [0.15, 0.2) is 0 Å². The van der Waals surface area contributed by atoms with E-state index in [1.165, 1.54) is 0 Å². The maximum Gasteiger partial charge on any atom is 0.415 e. The Morgan fingerprint density at radius 2 is 1.30 bits per heavy atom. The standard InChI is InChI=1S/C26H27N5O2/c1-18(27-29-20-12-6-4-7-13-20)24(19(2)28-30-21-14-8-5-9-15-21)25-22-16-10-11-17-23(22)33-26(32)31(25)3/h4-17,24-25,29-30H,1-3H3. The van der Waals surface area contributed by atoms with Crippen LogP contribution < -0.4 is 15.6 Å².